The summed E-state index contributed by atoms with van der Waals surface area (Å²) in [6.07, 6.45) is 7.26. The molecule has 1 aromatic carbocycles. The minimum Gasteiger partial charge on any atom is -0.377 e. The van der Waals surface area contributed by atoms with Gasteiger partial charge in [-0.2, -0.15) is 0 Å². The van der Waals surface area contributed by atoms with Crippen molar-refractivity contribution < 1.29 is 9.53 Å². The Morgan fingerprint density at radius 1 is 1.21 bits per heavy atom. The van der Waals surface area contributed by atoms with Gasteiger partial charge in [-0.1, -0.05) is 30.3 Å². The fourth-order valence-corrected chi connectivity index (χ4v) is 4.61. The Labute approximate surface area is 167 Å². The molecule has 1 saturated carbocycles. The summed E-state index contributed by atoms with van der Waals surface area (Å²) in [5.41, 5.74) is 2.17. The van der Waals surface area contributed by atoms with Gasteiger partial charge in [0.1, 0.15) is 12.4 Å². The number of ether oxygens (including phenoxy) is 1. The van der Waals surface area contributed by atoms with Crippen molar-refractivity contribution in [2.45, 2.75) is 57.6 Å². The highest BCUT2D eigenvalue weighted by Gasteiger charge is 2.53. The highest BCUT2D eigenvalue weighted by molar-refractivity contribution is 5.91. The number of methoxy groups -OCH3 is 1. The minimum absolute atomic E-state index is 0.225. The van der Waals surface area contributed by atoms with Gasteiger partial charge >= 0.3 is 0 Å². The zero-order chi connectivity index (χ0) is 19.6. The third-order valence-corrected chi connectivity index (χ3v) is 6.56. The van der Waals surface area contributed by atoms with Gasteiger partial charge in [-0.25, -0.2) is 4.98 Å². The second-order valence-corrected chi connectivity index (χ2v) is 8.37. The van der Waals surface area contributed by atoms with Crippen LogP contribution in [0.2, 0.25) is 0 Å². The van der Waals surface area contributed by atoms with Crippen LogP contribution in [0.25, 0.3) is 0 Å². The molecule has 5 nitrogen and oxygen atoms in total. The topological polar surface area (TPSA) is 47.4 Å². The Morgan fingerprint density at radius 2 is 1.93 bits per heavy atom. The summed E-state index contributed by atoms with van der Waals surface area (Å²) in [5.74, 6) is 2.03. The molecule has 5 heteroatoms. The number of imidazole rings is 1. The molecule has 0 unspecified atom stereocenters. The SMILES string of the molecule is COCc1ncc(C)n1CCC1CCN(C(=O)C2(c3ccccc3)CC2)CC1. The molecule has 4 rings (SSSR count). The molecule has 0 radical (unpaired) electrons. The van der Waals surface area contributed by atoms with Gasteiger partial charge in [0.25, 0.3) is 0 Å². The number of nitrogens with zero attached hydrogens (tertiary/aromatic N) is 3. The van der Waals surface area contributed by atoms with Crippen molar-refractivity contribution in [2.24, 2.45) is 5.92 Å². The summed E-state index contributed by atoms with van der Waals surface area (Å²) < 4.78 is 7.53. The van der Waals surface area contributed by atoms with Crippen LogP contribution < -0.4 is 0 Å². The van der Waals surface area contributed by atoms with E-state index >= 15 is 0 Å². The average molecular weight is 382 g/mol. The van der Waals surface area contributed by atoms with Crippen molar-refractivity contribution in [1.29, 1.82) is 0 Å². The maximum absolute atomic E-state index is 13.2. The number of rotatable bonds is 7. The first-order valence-electron chi connectivity index (χ1n) is 10.5. The number of carbonyl (C=O) groups is 1. The van der Waals surface area contributed by atoms with E-state index in [9.17, 15) is 4.79 Å². The van der Waals surface area contributed by atoms with Crippen LogP contribution >= 0.6 is 0 Å². The summed E-state index contributed by atoms with van der Waals surface area (Å²) >= 11 is 0. The van der Waals surface area contributed by atoms with Crippen LogP contribution in [0.3, 0.4) is 0 Å². The first-order chi connectivity index (χ1) is 13.6. The van der Waals surface area contributed by atoms with Crippen molar-refractivity contribution in [3.63, 3.8) is 0 Å². The van der Waals surface area contributed by atoms with Crippen LogP contribution in [0.1, 0.15) is 49.2 Å². The van der Waals surface area contributed by atoms with E-state index in [1.807, 2.05) is 24.4 Å². The number of amides is 1. The molecule has 0 bridgehead atoms. The van der Waals surface area contributed by atoms with Crippen molar-refractivity contribution in [3.05, 3.63) is 53.6 Å². The van der Waals surface area contributed by atoms with Gasteiger partial charge in [0.15, 0.2) is 0 Å². The monoisotopic (exact) mass is 381 g/mol. The lowest BCUT2D eigenvalue weighted by Crippen LogP contribution is -2.44. The van der Waals surface area contributed by atoms with E-state index in [0.29, 0.717) is 18.4 Å². The normalized spacial score (nSPS) is 19.0. The zero-order valence-electron chi connectivity index (χ0n) is 17.1. The molecule has 2 heterocycles. The van der Waals surface area contributed by atoms with Gasteiger partial charge in [0.2, 0.25) is 5.91 Å². The smallest absolute Gasteiger partial charge is 0.233 e. The Hall–Kier alpha value is -2.14. The van der Waals surface area contributed by atoms with Crippen molar-refractivity contribution >= 4 is 5.91 Å². The molecule has 1 amide bonds. The van der Waals surface area contributed by atoms with Gasteiger partial charge in [-0.3, -0.25) is 4.79 Å². The van der Waals surface area contributed by atoms with Crippen molar-refractivity contribution in [3.8, 4) is 0 Å². The lowest BCUT2D eigenvalue weighted by molar-refractivity contribution is -0.135. The highest BCUT2D eigenvalue weighted by Crippen LogP contribution is 2.50. The molecule has 0 atom stereocenters. The van der Waals surface area contributed by atoms with Gasteiger partial charge in [-0.05, 0) is 50.5 Å². The van der Waals surface area contributed by atoms with E-state index in [1.54, 1.807) is 7.11 Å². The first kappa shape index (κ1) is 19.2. The summed E-state index contributed by atoms with van der Waals surface area (Å²) in [4.78, 5) is 19.8. The van der Waals surface area contributed by atoms with E-state index in [0.717, 1.165) is 57.6 Å². The minimum atomic E-state index is -0.225. The predicted octanol–water partition coefficient (Wildman–Crippen LogP) is 3.70. The zero-order valence-corrected chi connectivity index (χ0v) is 17.1. The molecule has 2 aliphatic rings. The fraction of sp³-hybridized carbons (Fsp3) is 0.565. The Balaban J connectivity index is 1.31. The Bertz CT molecular complexity index is 803. The predicted molar refractivity (Wildman–Crippen MR) is 109 cm³/mol. The molecular formula is C23H31N3O2. The van der Waals surface area contributed by atoms with E-state index in [1.165, 1.54) is 11.3 Å². The quantitative estimate of drug-likeness (QED) is 0.735. The maximum Gasteiger partial charge on any atom is 0.233 e. The van der Waals surface area contributed by atoms with Gasteiger partial charge in [0.05, 0.1) is 5.41 Å². The van der Waals surface area contributed by atoms with Crippen LogP contribution in [0, 0.1) is 12.8 Å². The third-order valence-electron chi connectivity index (χ3n) is 6.56. The largest absolute Gasteiger partial charge is 0.377 e. The van der Waals surface area contributed by atoms with Gasteiger partial charge < -0.3 is 14.2 Å². The van der Waals surface area contributed by atoms with E-state index in [-0.39, 0.29) is 5.41 Å². The molecule has 0 spiro atoms. The fourth-order valence-electron chi connectivity index (χ4n) is 4.61. The number of benzene rings is 1. The van der Waals surface area contributed by atoms with Crippen LogP contribution in [-0.2, 0) is 28.1 Å². The molecule has 150 valence electrons. The highest BCUT2D eigenvalue weighted by atomic mass is 16.5. The number of carbonyl (C=O) groups excluding carboxylic acids is 1. The second-order valence-electron chi connectivity index (χ2n) is 8.37. The standard InChI is InChI=1S/C23H31N3O2/c1-18-16-24-21(17-28-2)26(18)15-10-19-8-13-25(14-9-19)22(27)23(11-12-23)20-6-4-3-5-7-20/h3-7,16,19H,8-15,17H2,1-2H3. The van der Waals surface area contributed by atoms with Gasteiger partial charge in [-0.15, -0.1) is 0 Å². The van der Waals surface area contributed by atoms with E-state index in [4.69, 9.17) is 4.74 Å². The molecule has 2 aromatic rings. The maximum atomic E-state index is 13.2. The van der Waals surface area contributed by atoms with Crippen LogP contribution in [0.4, 0.5) is 0 Å². The van der Waals surface area contributed by atoms with E-state index in [2.05, 4.69) is 33.5 Å². The number of aryl methyl sites for hydroxylation is 1. The number of aromatic nitrogens is 2. The molecule has 28 heavy (non-hydrogen) atoms. The number of hydrogen-bond acceptors (Lipinski definition) is 3. The lowest BCUT2D eigenvalue weighted by atomic mass is 9.90. The summed E-state index contributed by atoms with van der Waals surface area (Å²) in [6, 6.07) is 10.3. The van der Waals surface area contributed by atoms with E-state index < -0.39 is 0 Å². The molecule has 1 saturated heterocycles. The molecule has 1 aromatic heterocycles. The molecular weight excluding hydrogens is 350 g/mol. The van der Waals surface area contributed by atoms with Crippen LogP contribution in [0.5, 0.6) is 0 Å². The van der Waals surface area contributed by atoms with Gasteiger partial charge in [0, 0.05) is 38.6 Å². The summed E-state index contributed by atoms with van der Waals surface area (Å²) in [7, 11) is 1.71. The summed E-state index contributed by atoms with van der Waals surface area (Å²) in [5, 5.41) is 0. The Kier molecular flexibility index (Phi) is 5.54. The van der Waals surface area contributed by atoms with Crippen LogP contribution in [-0.4, -0.2) is 40.6 Å². The molecule has 0 N–H and O–H groups in total. The first-order valence-corrected chi connectivity index (χ1v) is 10.5. The number of piperidine rings is 1. The second kappa shape index (κ2) is 8.08. The molecule has 1 aliphatic carbocycles. The lowest BCUT2D eigenvalue weighted by Gasteiger charge is -2.34. The molecule has 2 fully saturated rings. The van der Waals surface area contributed by atoms with Crippen molar-refractivity contribution in [2.75, 3.05) is 20.2 Å². The Morgan fingerprint density at radius 3 is 2.57 bits per heavy atom. The summed E-state index contributed by atoms with van der Waals surface area (Å²) in [6.45, 7) is 5.43. The third kappa shape index (κ3) is 3.72. The van der Waals surface area contributed by atoms with Crippen LogP contribution in [0.15, 0.2) is 36.5 Å². The average Bonchev–Trinajstić information content (AvgIpc) is 3.48. The van der Waals surface area contributed by atoms with Crippen molar-refractivity contribution in [1.82, 2.24) is 14.5 Å². The number of hydrogen-bond donors (Lipinski definition) is 0. The number of likely N-dealkylation sites (tertiary alicyclic amines) is 1. The molecule has 1 aliphatic heterocycles.